The highest BCUT2D eigenvalue weighted by atomic mass is 16.1. The molecular weight excluding hydrogens is 262 g/mol. The van der Waals surface area contributed by atoms with Crippen molar-refractivity contribution in [2.45, 2.75) is 45.7 Å². The molecule has 0 bridgehead atoms. The molecule has 1 aromatic heterocycles. The number of hydrogen-bond acceptors (Lipinski definition) is 3. The lowest BCUT2D eigenvalue weighted by Gasteiger charge is -2.27. The maximum Gasteiger partial charge on any atom is 0.269 e. The minimum Gasteiger partial charge on any atom is -0.381 e. The zero-order valence-electron chi connectivity index (χ0n) is 12.6. The molecule has 3 rings (SSSR count). The van der Waals surface area contributed by atoms with Crippen molar-refractivity contribution in [1.82, 2.24) is 9.78 Å². The van der Waals surface area contributed by atoms with Gasteiger partial charge in [-0.05, 0) is 44.2 Å². The van der Waals surface area contributed by atoms with Crippen molar-refractivity contribution in [2.75, 3.05) is 5.32 Å². The van der Waals surface area contributed by atoms with Gasteiger partial charge in [-0.3, -0.25) is 4.79 Å². The highest BCUT2D eigenvalue weighted by molar-refractivity contribution is 5.40. The van der Waals surface area contributed by atoms with Crippen molar-refractivity contribution in [3.05, 3.63) is 57.5 Å². The molecule has 1 N–H and O–H groups in total. The number of aromatic nitrogens is 2. The van der Waals surface area contributed by atoms with Crippen molar-refractivity contribution >= 4 is 5.69 Å². The third-order valence-corrected chi connectivity index (χ3v) is 4.17. The molecular formula is C17H21N3O. The van der Waals surface area contributed by atoms with Crippen LogP contribution in [-0.4, -0.2) is 15.8 Å². The molecule has 1 heterocycles. The second-order valence-electron chi connectivity index (χ2n) is 5.94. The fourth-order valence-corrected chi connectivity index (χ4v) is 2.55. The Hall–Kier alpha value is -2.10. The van der Waals surface area contributed by atoms with Gasteiger partial charge in [0.2, 0.25) is 0 Å². The van der Waals surface area contributed by atoms with Crippen LogP contribution in [0.15, 0.2) is 35.3 Å². The van der Waals surface area contributed by atoms with Crippen molar-refractivity contribution in [3.8, 4) is 0 Å². The summed E-state index contributed by atoms with van der Waals surface area (Å²) in [5.41, 5.74) is 4.31. The summed E-state index contributed by atoms with van der Waals surface area (Å²) in [4.78, 5) is 12.2. The molecule has 1 saturated carbocycles. The van der Waals surface area contributed by atoms with Crippen LogP contribution in [0.25, 0.3) is 0 Å². The molecule has 1 fully saturated rings. The summed E-state index contributed by atoms with van der Waals surface area (Å²) in [6.07, 6.45) is 5.40. The van der Waals surface area contributed by atoms with E-state index in [4.69, 9.17) is 0 Å². The lowest BCUT2D eigenvalue weighted by atomic mass is 9.93. The zero-order chi connectivity index (χ0) is 14.8. The fourth-order valence-electron chi connectivity index (χ4n) is 2.55. The monoisotopic (exact) mass is 283 g/mol. The van der Waals surface area contributed by atoms with E-state index in [1.807, 2.05) is 0 Å². The number of aryl methyl sites for hydroxylation is 2. The Morgan fingerprint density at radius 3 is 2.76 bits per heavy atom. The lowest BCUT2D eigenvalue weighted by Crippen LogP contribution is -2.29. The van der Waals surface area contributed by atoms with Crippen LogP contribution in [-0.2, 0) is 6.54 Å². The van der Waals surface area contributed by atoms with E-state index < -0.39 is 0 Å². The number of rotatable bonds is 4. The lowest BCUT2D eigenvalue weighted by molar-refractivity contribution is 0.445. The summed E-state index contributed by atoms with van der Waals surface area (Å²) in [5.74, 6) is 0. The molecule has 0 amide bonds. The van der Waals surface area contributed by atoms with Crippen LogP contribution in [0.1, 0.15) is 36.0 Å². The molecule has 1 aromatic carbocycles. The summed E-state index contributed by atoms with van der Waals surface area (Å²) in [6.45, 7) is 4.65. The van der Waals surface area contributed by atoms with Crippen LogP contribution in [0.5, 0.6) is 0 Å². The quantitative estimate of drug-likeness (QED) is 0.938. The molecule has 0 radical (unpaired) electrons. The Labute approximate surface area is 124 Å². The van der Waals surface area contributed by atoms with Gasteiger partial charge in [-0.2, -0.15) is 5.10 Å². The van der Waals surface area contributed by atoms with Gasteiger partial charge in [-0.25, -0.2) is 4.68 Å². The predicted molar refractivity (Wildman–Crippen MR) is 84.8 cm³/mol. The molecule has 0 unspecified atom stereocenters. The SMILES string of the molecule is Cc1ccc(C)c(Cn2ncc(NC3CCC3)cc2=O)c1. The molecule has 21 heavy (non-hydrogen) atoms. The number of benzene rings is 1. The van der Waals surface area contributed by atoms with E-state index in [1.54, 1.807) is 12.3 Å². The van der Waals surface area contributed by atoms with Gasteiger partial charge >= 0.3 is 0 Å². The number of hydrogen-bond donors (Lipinski definition) is 1. The molecule has 0 aliphatic heterocycles. The Morgan fingerprint density at radius 2 is 2.10 bits per heavy atom. The third-order valence-electron chi connectivity index (χ3n) is 4.17. The summed E-state index contributed by atoms with van der Waals surface area (Å²) in [7, 11) is 0. The van der Waals surface area contributed by atoms with Crippen LogP contribution >= 0.6 is 0 Å². The predicted octanol–water partition coefficient (Wildman–Crippen LogP) is 2.87. The summed E-state index contributed by atoms with van der Waals surface area (Å²) < 4.78 is 1.52. The van der Waals surface area contributed by atoms with E-state index in [0.717, 1.165) is 11.3 Å². The van der Waals surface area contributed by atoms with Crippen LogP contribution in [0, 0.1) is 13.8 Å². The number of anilines is 1. The Balaban J connectivity index is 1.79. The van der Waals surface area contributed by atoms with Gasteiger partial charge in [0.1, 0.15) is 0 Å². The van der Waals surface area contributed by atoms with Crippen molar-refractivity contribution in [3.63, 3.8) is 0 Å². The van der Waals surface area contributed by atoms with Gasteiger partial charge in [-0.15, -0.1) is 0 Å². The second kappa shape index (κ2) is 5.72. The molecule has 1 aliphatic rings. The van der Waals surface area contributed by atoms with Crippen LogP contribution < -0.4 is 10.9 Å². The number of nitrogens with zero attached hydrogens (tertiary/aromatic N) is 2. The van der Waals surface area contributed by atoms with E-state index >= 15 is 0 Å². The summed E-state index contributed by atoms with van der Waals surface area (Å²) in [6, 6.07) is 8.45. The standard InChI is InChI=1S/C17H21N3O/c1-12-6-7-13(2)14(8-12)11-20-17(21)9-16(10-18-20)19-15-4-3-5-15/h6-10,15,19H,3-5,11H2,1-2H3. The van der Waals surface area contributed by atoms with Crippen LogP contribution in [0.2, 0.25) is 0 Å². The van der Waals surface area contributed by atoms with Gasteiger partial charge in [0.05, 0.1) is 18.4 Å². The minimum absolute atomic E-state index is 0.0553. The normalized spacial score (nSPS) is 14.8. The highest BCUT2D eigenvalue weighted by Crippen LogP contribution is 2.22. The first kappa shape index (κ1) is 13.9. The van der Waals surface area contributed by atoms with Crippen molar-refractivity contribution in [2.24, 2.45) is 0 Å². The average molecular weight is 283 g/mol. The first-order chi connectivity index (χ1) is 10.1. The van der Waals surface area contributed by atoms with Crippen molar-refractivity contribution < 1.29 is 0 Å². The number of nitrogens with one attached hydrogen (secondary N) is 1. The molecule has 2 aromatic rings. The third kappa shape index (κ3) is 3.15. The van der Waals surface area contributed by atoms with E-state index in [0.29, 0.717) is 12.6 Å². The molecule has 110 valence electrons. The molecule has 4 nitrogen and oxygen atoms in total. The fraction of sp³-hybridized carbons (Fsp3) is 0.412. The Kier molecular flexibility index (Phi) is 3.78. The first-order valence-corrected chi connectivity index (χ1v) is 7.51. The zero-order valence-corrected chi connectivity index (χ0v) is 12.6. The van der Waals surface area contributed by atoms with E-state index in [-0.39, 0.29) is 5.56 Å². The molecule has 4 heteroatoms. The molecule has 1 aliphatic carbocycles. The first-order valence-electron chi connectivity index (χ1n) is 7.51. The van der Waals surface area contributed by atoms with Gasteiger partial charge in [0.25, 0.3) is 5.56 Å². The molecule has 0 saturated heterocycles. The van der Waals surface area contributed by atoms with Gasteiger partial charge in [0, 0.05) is 12.1 Å². The highest BCUT2D eigenvalue weighted by Gasteiger charge is 2.17. The van der Waals surface area contributed by atoms with Gasteiger partial charge in [0.15, 0.2) is 0 Å². The van der Waals surface area contributed by atoms with Crippen molar-refractivity contribution in [1.29, 1.82) is 0 Å². The van der Waals surface area contributed by atoms with E-state index in [9.17, 15) is 4.79 Å². The minimum atomic E-state index is -0.0553. The van der Waals surface area contributed by atoms with Crippen LogP contribution in [0.4, 0.5) is 5.69 Å². The van der Waals surface area contributed by atoms with Crippen LogP contribution in [0.3, 0.4) is 0 Å². The summed E-state index contributed by atoms with van der Waals surface area (Å²) >= 11 is 0. The smallest absolute Gasteiger partial charge is 0.269 e. The molecule has 0 atom stereocenters. The van der Waals surface area contributed by atoms with E-state index in [2.05, 4.69) is 42.5 Å². The second-order valence-corrected chi connectivity index (χ2v) is 5.94. The van der Waals surface area contributed by atoms with Gasteiger partial charge < -0.3 is 5.32 Å². The van der Waals surface area contributed by atoms with Gasteiger partial charge in [-0.1, -0.05) is 23.8 Å². The maximum absolute atomic E-state index is 12.2. The average Bonchev–Trinajstić information content (AvgIpc) is 2.41. The Bertz CT molecular complexity index is 701. The molecule has 0 spiro atoms. The topological polar surface area (TPSA) is 46.9 Å². The van der Waals surface area contributed by atoms with E-state index in [1.165, 1.54) is 35.1 Å². The summed E-state index contributed by atoms with van der Waals surface area (Å²) in [5, 5.41) is 7.65. The maximum atomic E-state index is 12.2. The Morgan fingerprint density at radius 1 is 1.29 bits per heavy atom. The largest absolute Gasteiger partial charge is 0.381 e.